The van der Waals surface area contributed by atoms with E-state index in [0.29, 0.717) is 11.5 Å². The number of aryl methyl sites for hydroxylation is 1. The van der Waals surface area contributed by atoms with Crippen LogP contribution in [-0.4, -0.2) is 19.8 Å². The smallest absolute Gasteiger partial charge is 0.119 e. The molecular weight excluding hydrogens is 320 g/mol. The van der Waals surface area contributed by atoms with Gasteiger partial charge in [-0.3, -0.25) is 0 Å². The van der Waals surface area contributed by atoms with Crippen molar-refractivity contribution in [2.45, 2.75) is 71.3 Å². The monoisotopic (exact) mass is 354 g/mol. The van der Waals surface area contributed by atoms with E-state index < -0.39 is 0 Å². The Bertz CT molecular complexity index is 677. The Balaban J connectivity index is 1.55. The van der Waals surface area contributed by atoms with Crippen molar-refractivity contribution >= 4 is 6.08 Å². The Hall–Kier alpha value is -1.28. The lowest BCUT2D eigenvalue weighted by Crippen LogP contribution is -2.41. The van der Waals surface area contributed by atoms with Gasteiger partial charge < -0.3 is 9.47 Å². The first-order chi connectivity index (χ1) is 12.7. The highest BCUT2D eigenvalue weighted by Crippen LogP contribution is 2.58. The van der Waals surface area contributed by atoms with Crippen molar-refractivity contribution in [1.82, 2.24) is 0 Å². The minimum absolute atomic E-state index is 0.379. The number of allylic oxidation sites excluding steroid dienone is 1. The lowest BCUT2D eigenvalue weighted by atomic mass is 9.61. The summed E-state index contributed by atoms with van der Waals surface area (Å²) in [4.78, 5) is 0. The first-order valence-electron chi connectivity index (χ1n) is 10.6. The molecule has 0 unspecified atom stereocenters. The normalized spacial score (nSPS) is 32.9. The van der Waals surface area contributed by atoms with E-state index >= 15 is 0 Å². The number of fused-ring (bicyclic) bond motifs is 4. The van der Waals surface area contributed by atoms with Crippen LogP contribution in [0.1, 0.15) is 69.9 Å². The minimum Gasteiger partial charge on any atom is -0.497 e. The Morgan fingerprint density at radius 3 is 2.85 bits per heavy atom. The van der Waals surface area contributed by atoms with Gasteiger partial charge in [-0.05, 0) is 85.5 Å². The summed E-state index contributed by atoms with van der Waals surface area (Å²) < 4.78 is 11.8. The lowest BCUT2D eigenvalue weighted by molar-refractivity contribution is -0.0487. The molecule has 0 N–H and O–H groups in total. The van der Waals surface area contributed by atoms with E-state index in [1.165, 1.54) is 62.5 Å². The van der Waals surface area contributed by atoms with Gasteiger partial charge in [-0.25, -0.2) is 0 Å². The molecule has 0 bridgehead atoms. The standard InChI is InChI=1S/C24H34O2/c1-4-5-14-26-23-11-10-22-21-9-7-18-16-20(25-3)8-6-17(18)15-19(21)12-13-24(22,23)2/h6,8,15-16,21-23H,4-5,7,9-14H2,1-3H3/t21-,22+,23+,24+/m1/s1. The molecule has 26 heavy (non-hydrogen) atoms. The van der Waals surface area contributed by atoms with Gasteiger partial charge in [-0.15, -0.1) is 0 Å². The van der Waals surface area contributed by atoms with E-state index in [1.54, 1.807) is 12.7 Å². The van der Waals surface area contributed by atoms with Gasteiger partial charge in [-0.1, -0.05) is 38.0 Å². The van der Waals surface area contributed by atoms with Gasteiger partial charge in [0.05, 0.1) is 13.2 Å². The van der Waals surface area contributed by atoms with Crippen LogP contribution in [-0.2, 0) is 11.2 Å². The van der Waals surface area contributed by atoms with Crippen LogP contribution in [0.4, 0.5) is 0 Å². The molecule has 3 aliphatic carbocycles. The number of ether oxygens (including phenoxy) is 2. The van der Waals surface area contributed by atoms with Crippen molar-refractivity contribution in [2.75, 3.05) is 13.7 Å². The van der Waals surface area contributed by atoms with Crippen molar-refractivity contribution in [2.24, 2.45) is 17.3 Å². The molecule has 2 saturated carbocycles. The van der Waals surface area contributed by atoms with Gasteiger partial charge in [0.15, 0.2) is 0 Å². The molecule has 2 nitrogen and oxygen atoms in total. The molecule has 1 aromatic rings. The van der Waals surface area contributed by atoms with Gasteiger partial charge in [0.1, 0.15) is 5.75 Å². The number of methoxy groups -OCH3 is 1. The van der Waals surface area contributed by atoms with Gasteiger partial charge >= 0.3 is 0 Å². The maximum Gasteiger partial charge on any atom is 0.119 e. The SMILES string of the molecule is CCCCO[C@H]1CC[C@H]2[C@@H]3CCc4cc(OC)ccc4C=C3CC[C@]12C. The van der Waals surface area contributed by atoms with Crippen LogP contribution < -0.4 is 4.74 Å². The second kappa shape index (κ2) is 7.38. The number of rotatable bonds is 5. The Morgan fingerprint density at radius 1 is 1.15 bits per heavy atom. The summed E-state index contributed by atoms with van der Waals surface area (Å²) in [6.07, 6.45) is 13.0. The molecule has 4 rings (SSSR count). The molecule has 0 aliphatic heterocycles. The van der Waals surface area contributed by atoms with Crippen LogP contribution in [0.15, 0.2) is 23.8 Å². The molecule has 0 saturated heterocycles. The summed E-state index contributed by atoms with van der Waals surface area (Å²) in [7, 11) is 1.76. The molecule has 1 aromatic carbocycles. The average Bonchev–Trinajstić information content (AvgIpc) is 2.87. The summed E-state index contributed by atoms with van der Waals surface area (Å²) in [6.45, 7) is 5.72. The van der Waals surface area contributed by atoms with E-state index in [4.69, 9.17) is 9.47 Å². The maximum absolute atomic E-state index is 6.38. The second-order valence-electron chi connectivity index (χ2n) is 8.83. The fourth-order valence-corrected chi connectivity index (χ4v) is 5.88. The van der Waals surface area contributed by atoms with Crippen LogP contribution in [0.5, 0.6) is 5.75 Å². The highest BCUT2D eigenvalue weighted by atomic mass is 16.5. The predicted octanol–water partition coefficient (Wildman–Crippen LogP) is 6.04. The van der Waals surface area contributed by atoms with Crippen LogP contribution in [0.3, 0.4) is 0 Å². The first-order valence-corrected chi connectivity index (χ1v) is 10.6. The van der Waals surface area contributed by atoms with Crippen molar-refractivity contribution in [3.63, 3.8) is 0 Å². The summed E-state index contributed by atoms with van der Waals surface area (Å²) in [6, 6.07) is 6.60. The summed E-state index contributed by atoms with van der Waals surface area (Å²) in [5.74, 6) is 2.53. The third kappa shape index (κ3) is 3.11. The van der Waals surface area contributed by atoms with Gasteiger partial charge in [0.25, 0.3) is 0 Å². The van der Waals surface area contributed by atoms with Gasteiger partial charge in [-0.2, -0.15) is 0 Å². The fourth-order valence-electron chi connectivity index (χ4n) is 5.88. The highest BCUT2D eigenvalue weighted by Gasteiger charge is 2.53. The van der Waals surface area contributed by atoms with E-state index in [9.17, 15) is 0 Å². The van der Waals surface area contributed by atoms with Crippen molar-refractivity contribution in [3.8, 4) is 5.75 Å². The third-order valence-corrected chi connectivity index (χ3v) is 7.47. The molecule has 0 amide bonds. The number of benzene rings is 1. The second-order valence-corrected chi connectivity index (χ2v) is 8.83. The van der Waals surface area contributed by atoms with E-state index in [1.807, 2.05) is 0 Å². The minimum atomic E-state index is 0.379. The maximum atomic E-state index is 6.38. The van der Waals surface area contributed by atoms with Gasteiger partial charge in [0, 0.05) is 6.61 Å². The third-order valence-electron chi connectivity index (χ3n) is 7.47. The molecule has 142 valence electrons. The predicted molar refractivity (Wildman–Crippen MR) is 107 cm³/mol. The number of hydrogen-bond acceptors (Lipinski definition) is 2. The summed E-state index contributed by atoms with van der Waals surface area (Å²) >= 11 is 0. The van der Waals surface area contributed by atoms with Crippen LogP contribution in [0.2, 0.25) is 0 Å². The van der Waals surface area contributed by atoms with Gasteiger partial charge in [0.2, 0.25) is 0 Å². The summed E-state index contributed by atoms with van der Waals surface area (Å²) in [5, 5.41) is 0. The lowest BCUT2D eigenvalue weighted by Gasteiger charge is -2.46. The Morgan fingerprint density at radius 2 is 2.04 bits per heavy atom. The van der Waals surface area contributed by atoms with E-state index in [-0.39, 0.29) is 0 Å². The first kappa shape index (κ1) is 18.1. The molecule has 2 heteroatoms. The topological polar surface area (TPSA) is 18.5 Å². The van der Waals surface area contributed by atoms with Crippen molar-refractivity contribution in [1.29, 1.82) is 0 Å². The van der Waals surface area contributed by atoms with Crippen LogP contribution >= 0.6 is 0 Å². The zero-order chi connectivity index (χ0) is 18.1. The van der Waals surface area contributed by atoms with Crippen molar-refractivity contribution in [3.05, 3.63) is 34.9 Å². The highest BCUT2D eigenvalue weighted by molar-refractivity contribution is 5.60. The molecule has 0 aromatic heterocycles. The Labute approximate surface area is 159 Å². The zero-order valence-corrected chi connectivity index (χ0v) is 16.7. The fraction of sp³-hybridized carbons (Fsp3) is 0.667. The molecule has 0 spiro atoms. The van der Waals surface area contributed by atoms with E-state index in [0.717, 1.165) is 24.2 Å². The largest absolute Gasteiger partial charge is 0.497 e. The Kier molecular flexibility index (Phi) is 5.14. The molecule has 0 heterocycles. The van der Waals surface area contributed by atoms with Crippen LogP contribution in [0.25, 0.3) is 6.08 Å². The molecule has 3 aliphatic rings. The number of unbranched alkanes of at least 4 members (excludes halogenated alkanes) is 1. The quantitative estimate of drug-likeness (QED) is 0.600. The van der Waals surface area contributed by atoms with Crippen LogP contribution in [0, 0.1) is 17.3 Å². The molecular formula is C24H34O2. The number of hydrogen-bond donors (Lipinski definition) is 0. The molecule has 0 radical (unpaired) electrons. The molecule has 2 fully saturated rings. The zero-order valence-electron chi connectivity index (χ0n) is 16.7. The average molecular weight is 355 g/mol. The molecule has 4 atom stereocenters. The van der Waals surface area contributed by atoms with E-state index in [2.05, 4.69) is 38.1 Å². The van der Waals surface area contributed by atoms with Crippen molar-refractivity contribution < 1.29 is 9.47 Å². The summed E-state index contributed by atoms with van der Waals surface area (Å²) in [5.41, 5.74) is 4.96.